The molecule has 0 spiro atoms. The van der Waals surface area contributed by atoms with Crippen LogP contribution in [0.4, 0.5) is 0 Å². The van der Waals surface area contributed by atoms with Gasteiger partial charge in [-0.25, -0.2) is 12.1 Å². The molecule has 3 heteroatoms. The second-order valence-corrected chi connectivity index (χ2v) is 15.0. The van der Waals surface area contributed by atoms with Crippen LogP contribution in [0.2, 0.25) is 0 Å². The molecule has 0 aromatic heterocycles. The molecule has 0 N–H and O–H groups in total. The van der Waals surface area contributed by atoms with E-state index in [4.69, 9.17) is 0 Å². The third kappa shape index (κ3) is 8.04. The number of rotatable bonds is 8. The predicted molar refractivity (Wildman–Crippen MR) is 179 cm³/mol. The minimum Gasteiger partial charge on any atom is -0.748 e. The van der Waals surface area contributed by atoms with Crippen molar-refractivity contribution in [1.29, 1.82) is 0 Å². The fraction of sp³-hybridized carbons (Fsp3) is 0.105. The molecular weight excluding hydrogens is 574 g/mol. The van der Waals surface area contributed by atoms with Crippen molar-refractivity contribution in [1.82, 2.24) is 0 Å². The Morgan fingerprint density at radius 1 is 0.463 bits per heavy atom. The van der Waals surface area contributed by atoms with E-state index in [9.17, 15) is 0 Å². The normalized spacial score (nSPS) is 12.2. The van der Waals surface area contributed by atoms with Crippen molar-refractivity contribution in [2.45, 2.75) is 25.2 Å². The first-order chi connectivity index (χ1) is 19.7. The molecule has 0 aliphatic rings. The van der Waals surface area contributed by atoms with E-state index in [1.165, 1.54) is 32.3 Å². The molecule has 0 aliphatic heterocycles. The Kier molecular flexibility index (Phi) is 11.9. The number of hydrogen-bond donors (Lipinski definition) is 0. The molecule has 0 bridgehead atoms. The Hall–Kier alpha value is -3.04. The van der Waals surface area contributed by atoms with Gasteiger partial charge in [0.2, 0.25) is 0 Å². The summed E-state index contributed by atoms with van der Waals surface area (Å²) >= 11 is 0. The SMILES string of the molecule is CC([c-]1[cH-][cH-][cH-][cH-]1)P(c1ccccc1)c1ccccc1.CC([c-]1cccc1)P(c1ccccc1)c1ccccc1.[Fe]. The second kappa shape index (κ2) is 15.8. The van der Waals surface area contributed by atoms with Crippen molar-refractivity contribution in [3.63, 3.8) is 0 Å². The Morgan fingerprint density at radius 3 is 1.12 bits per heavy atom. The summed E-state index contributed by atoms with van der Waals surface area (Å²) in [5.74, 6) is 0. The summed E-state index contributed by atoms with van der Waals surface area (Å²) in [4.78, 5) is 0. The Balaban J connectivity index is 0.000000184. The minimum atomic E-state index is -0.363. The van der Waals surface area contributed by atoms with Crippen molar-refractivity contribution in [3.8, 4) is 0 Å². The molecule has 0 heterocycles. The maximum Gasteiger partial charge on any atom is 0 e. The van der Waals surface area contributed by atoms with Crippen LogP contribution in [0.15, 0.2) is 170 Å². The molecule has 2 atom stereocenters. The van der Waals surface area contributed by atoms with E-state index < -0.39 is 0 Å². The molecule has 0 saturated heterocycles. The van der Waals surface area contributed by atoms with Crippen LogP contribution in [0.3, 0.4) is 0 Å². The third-order valence-electron chi connectivity index (χ3n) is 7.25. The number of hydrogen-bond acceptors (Lipinski definition) is 0. The molecule has 0 radical (unpaired) electrons. The van der Waals surface area contributed by atoms with E-state index in [2.05, 4.69) is 184 Å². The molecule has 212 valence electrons. The van der Waals surface area contributed by atoms with Gasteiger partial charge >= 0.3 is 0 Å². The van der Waals surface area contributed by atoms with E-state index in [-0.39, 0.29) is 32.9 Å². The fourth-order valence-corrected chi connectivity index (χ4v) is 10.5. The zero-order valence-electron chi connectivity index (χ0n) is 23.6. The number of benzene rings is 4. The maximum atomic E-state index is 2.35. The van der Waals surface area contributed by atoms with Gasteiger partial charge in [0.15, 0.2) is 0 Å². The molecule has 0 saturated carbocycles. The summed E-state index contributed by atoms with van der Waals surface area (Å²) in [6, 6.07) is 61.1. The quantitative estimate of drug-likeness (QED) is 0.0916. The van der Waals surface area contributed by atoms with E-state index in [1.807, 2.05) is 0 Å². The van der Waals surface area contributed by atoms with Gasteiger partial charge in [0.1, 0.15) is 0 Å². The molecular formula is C38H36FeP2-6. The molecule has 6 aromatic carbocycles. The van der Waals surface area contributed by atoms with Crippen LogP contribution >= 0.6 is 15.8 Å². The van der Waals surface area contributed by atoms with Crippen LogP contribution in [-0.4, -0.2) is 0 Å². The zero-order chi connectivity index (χ0) is 27.6. The molecule has 0 fully saturated rings. The van der Waals surface area contributed by atoms with Crippen molar-refractivity contribution in [3.05, 3.63) is 181 Å². The smallest absolute Gasteiger partial charge is 0 e. The topological polar surface area (TPSA) is 0 Å². The average Bonchev–Trinajstić information content (AvgIpc) is 3.76. The third-order valence-corrected chi connectivity index (χ3v) is 12.8. The van der Waals surface area contributed by atoms with Crippen LogP contribution in [-0.2, 0) is 17.1 Å². The van der Waals surface area contributed by atoms with Crippen molar-refractivity contribution in [2.75, 3.05) is 0 Å². The van der Waals surface area contributed by atoms with Gasteiger partial charge in [-0.15, -0.1) is 5.56 Å². The second-order valence-electron chi connectivity index (χ2n) is 9.87. The van der Waals surface area contributed by atoms with E-state index in [1.54, 1.807) is 0 Å². The average molecular weight is 610 g/mol. The summed E-state index contributed by atoms with van der Waals surface area (Å²) < 4.78 is 0. The van der Waals surface area contributed by atoms with E-state index in [0.717, 1.165) is 0 Å². The van der Waals surface area contributed by atoms with Gasteiger partial charge in [-0.2, -0.15) is 17.8 Å². The van der Waals surface area contributed by atoms with Gasteiger partial charge in [0, 0.05) is 17.1 Å². The molecule has 41 heavy (non-hydrogen) atoms. The van der Waals surface area contributed by atoms with Crippen molar-refractivity contribution >= 4 is 37.1 Å². The van der Waals surface area contributed by atoms with Gasteiger partial charge in [-0.3, -0.25) is 0 Å². The van der Waals surface area contributed by atoms with Gasteiger partial charge in [-0.1, -0.05) is 143 Å². The van der Waals surface area contributed by atoms with Gasteiger partial charge in [-0.05, 0) is 34.8 Å². The van der Waals surface area contributed by atoms with Crippen molar-refractivity contribution < 1.29 is 17.1 Å². The van der Waals surface area contributed by atoms with Crippen LogP contribution in [0.1, 0.15) is 36.3 Å². The van der Waals surface area contributed by atoms with Crippen molar-refractivity contribution in [2.24, 2.45) is 0 Å². The summed E-state index contributed by atoms with van der Waals surface area (Å²) in [7, 11) is -0.725. The standard InChI is InChI=1S/2C19H18P.Fe/c2*1-16(17-10-8-9-11-17)20(18-12-4-2-5-13-18)19-14-6-3-7-15-19;/h2*2-16H,1H3;/q-5;-1;. The summed E-state index contributed by atoms with van der Waals surface area (Å²) in [6.45, 7) is 4.70. The molecule has 0 nitrogen and oxygen atoms in total. The van der Waals surface area contributed by atoms with Gasteiger partial charge < -0.3 is 29.8 Å². The van der Waals surface area contributed by atoms with Gasteiger partial charge in [0.05, 0.1) is 0 Å². The molecule has 0 amide bonds. The first-order valence-corrected chi connectivity index (χ1v) is 16.8. The Labute approximate surface area is 259 Å². The first-order valence-electron chi connectivity index (χ1n) is 13.9. The first kappa shape index (κ1) is 30.9. The summed E-state index contributed by atoms with van der Waals surface area (Å²) in [5, 5.41) is 5.79. The summed E-state index contributed by atoms with van der Waals surface area (Å²) in [6.07, 6.45) is 0. The Bertz CT molecular complexity index is 1300. The molecule has 2 unspecified atom stereocenters. The van der Waals surface area contributed by atoms with Crippen LogP contribution < -0.4 is 21.2 Å². The van der Waals surface area contributed by atoms with Crippen LogP contribution in [0, 0.1) is 0 Å². The zero-order valence-corrected chi connectivity index (χ0v) is 26.5. The molecule has 0 aliphatic carbocycles. The molecule has 6 aromatic rings. The maximum absolute atomic E-state index is 2.35. The molecule has 6 rings (SSSR count). The fourth-order valence-electron chi connectivity index (χ4n) is 5.18. The van der Waals surface area contributed by atoms with E-state index >= 15 is 0 Å². The van der Waals surface area contributed by atoms with Gasteiger partial charge in [0.25, 0.3) is 0 Å². The summed E-state index contributed by atoms with van der Waals surface area (Å²) in [5.41, 5.74) is 3.93. The van der Waals surface area contributed by atoms with Crippen LogP contribution in [0.5, 0.6) is 0 Å². The Morgan fingerprint density at radius 2 is 0.780 bits per heavy atom. The monoisotopic (exact) mass is 610 g/mol. The minimum absolute atomic E-state index is 0. The predicted octanol–water partition coefficient (Wildman–Crippen LogP) is 9.20. The van der Waals surface area contributed by atoms with Crippen LogP contribution in [0.25, 0.3) is 0 Å². The van der Waals surface area contributed by atoms with E-state index in [0.29, 0.717) is 11.3 Å². The largest absolute Gasteiger partial charge is 0.748 e.